The predicted molar refractivity (Wildman–Crippen MR) is 119 cm³/mol. The molecule has 0 saturated carbocycles. The van der Waals surface area contributed by atoms with Crippen molar-refractivity contribution in [3.63, 3.8) is 0 Å². The minimum atomic E-state index is -0.338. The van der Waals surface area contributed by atoms with Crippen molar-refractivity contribution in [2.45, 2.75) is 13.3 Å². The van der Waals surface area contributed by atoms with Crippen molar-refractivity contribution >= 4 is 44.5 Å². The molecular weight excluding hydrogens is 450 g/mol. The quantitative estimate of drug-likeness (QED) is 0.334. The van der Waals surface area contributed by atoms with Crippen LogP contribution in [-0.4, -0.2) is 17.6 Å². The number of hydrogen-bond donors (Lipinski definition) is 1. The molecule has 1 aromatic heterocycles. The van der Waals surface area contributed by atoms with Gasteiger partial charge in [0.2, 0.25) is 0 Å². The number of nitriles is 1. The second-order valence-corrected chi connectivity index (χ2v) is 7.85. The van der Waals surface area contributed by atoms with Gasteiger partial charge in [-0.05, 0) is 42.8 Å². The normalized spacial score (nSPS) is 11.0. The third-order valence-electron chi connectivity index (χ3n) is 3.92. The molecule has 0 fully saturated rings. The fraction of sp³-hybridized carbons (Fsp3) is 0.136. The van der Waals surface area contributed by atoms with Gasteiger partial charge in [0, 0.05) is 27.3 Å². The number of thiazole rings is 1. The molecule has 0 aliphatic heterocycles. The number of nitrogens with zero attached hydrogens (tertiary/aromatic N) is 2. The van der Waals surface area contributed by atoms with Gasteiger partial charge in [-0.2, -0.15) is 5.26 Å². The van der Waals surface area contributed by atoms with E-state index in [1.54, 1.807) is 30.5 Å². The Labute approximate surface area is 181 Å². The highest BCUT2D eigenvalue weighted by Gasteiger charge is 2.10. The van der Waals surface area contributed by atoms with Crippen LogP contribution in [-0.2, 0) is 4.74 Å². The van der Waals surface area contributed by atoms with Gasteiger partial charge in [-0.15, -0.1) is 11.3 Å². The van der Waals surface area contributed by atoms with Gasteiger partial charge in [-0.25, -0.2) is 9.78 Å². The van der Waals surface area contributed by atoms with Crippen LogP contribution in [0.5, 0.6) is 0 Å². The summed E-state index contributed by atoms with van der Waals surface area (Å²) >= 11 is 4.87. The average Bonchev–Trinajstić information content (AvgIpc) is 3.23. The van der Waals surface area contributed by atoms with Crippen molar-refractivity contribution in [3.05, 3.63) is 75.2 Å². The van der Waals surface area contributed by atoms with Crippen LogP contribution in [0.3, 0.4) is 0 Å². The second kappa shape index (κ2) is 10.0. The lowest BCUT2D eigenvalue weighted by Gasteiger charge is -2.05. The Hall–Kier alpha value is -2.95. The minimum absolute atomic E-state index is 0.338. The van der Waals surface area contributed by atoms with E-state index < -0.39 is 0 Å². The van der Waals surface area contributed by atoms with Crippen molar-refractivity contribution < 1.29 is 9.53 Å². The first-order valence-electron chi connectivity index (χ1n) is 8.96. The predicted octanol–water partition coefficient (Wildman–Crippen LogP) is 6.12. The summed E-state index contributed by atoms with van der Waals surface area (Å²) in [6, 6.07) is 17.0. The number of ether oxygens (including phenoxy) is 1. The summed E-state index contributed by atoms with van der Waals surface area (Å²) in [7, 11) is 0. The van der Waals surface area contributed by atoms with Crippen molar-refractivity contribution in [1.29, 1.82) is 5.26 Å². The topological polar surface area (TPSA) is 75.0 Å². The number of benzene rings is 2. The van der Waals surface area contributed by atoms with Crippen molar-refractivity contribution in [2.75, 3.05) is 11.9 Å². The third-order valence-corrected chi connectivity index (χ3v) is 5.29. The highest BCUT2D eigenvalue weighted by atomic mass is 79.9. The number of hydrogen-bond acceptors (Lipinski definition) is 6. The summed E-state index contributed by atoms with van der Waals surface area (Å²) in [5, 5.41) is 15.2. The van der Waals surface area contributed by atoms with Crippen molar-refractivity contribution in [3.8, 4) is 17.3 Å². The zero-order chi connectivity index (χ0) is 20.6. The molecular formula is C22H18BrN3O2S. The molecule has 0 unspecified atom stereocenters. The molecule has 0 aliphatic rings. The molecule has 2 aromatic carbocycles. The first-order chi connectivity index (χ1) is 14.1. The fourth-order valence-corrected chi connectivity index (χ4v) is 3.65. The number of rotatable bonds is 7. The molecule has 3 aromatic rings. The molecule has 0 radical (unpaired) electrons. The molecule has 7 heteroatoms. The second-order valence-electron chi connectivity index (χ2n) is 6.08. The van der Waals surface area contributed by atoms with E-state index in [2.05, 4.69) is 32.3 Å². The summed E-state index contributed by atoms with van der Waals surface area (Å²) in [5.74, 6) is -0.338. The van der Waals surface area contributed by atoms with Crippen LogP contribution in [0.4, 0.5) is 5.69 Å². The lowest BCUT2D eigenvalue weighted by atomic mass is 10.2. The Morgan fingerprint density at radius 1 is 1.31 bits per heavy atom. The molecule has 5 nitrogen and oxygen atoms in total. The maximum Gasteiger partial charge on any atom is 0.338 e. The van der Waals surface area contributed by atoms with Crippen LogP contribution in [0, 0.1) is 11.3 Å². The Morgan fingerprint density at radius 2 is 2.10 bits per heavy atom. The summed E-state index contributed by atoms with van der Waals surface area (Å²) in [4.78, 5) is 16.4. The monoisotopic (exact) mass is 467 g/mol. The molecule has 1 N–H and O–H groups in total. The summed E-state index contributed by atoms with van der Waals surface area (Å²) in [5.41, 5.74) is 3.49. The van der Waals surface area contributed by atoms with Gasteiger partial charge in [-0.3, -0.25) is 0 Å². The molecule has 0 atom stereocenters. The van der Waals surface area contributed by atoms with Gasteiger partial charge in [0.15, 0.2) is 0 Å². The van der Waals surface area contributed by atoms with Crippen molar-refractivity contribution in [2.24, 2.45) is 0 Å². The average molecular weight is 468 g/mol. The Kier molecular flexibility index (Phi) is 7.17. The minimum Gasteiger partial charge on any atom is -0.462 e. The molecule has 0 bridgehead atoms. The van der Waals surface area contributed by atoms with E-state index >= 15 is 0 Å². The number of halogens is 1. The third kappa shape index (κ3) is 5.53. The van der Waals surface area contributed by atoms with Gasteiger partial charge >= 0.3 is 5.97 Å². The molecule has 0 saturated heterocycles. The summed E-state index contributed by atoms with van der Waals surface area (Å²) in [6.45, 7) is 2.35. The van der Waals surface area contributed by atoms with Crippen LogP contribution >= 0.6 is 27.3 Å². The van der Waals surface area contributed by atoms with Gasteiger partial charge < -0.3 is 10.1 Å². The van der Waals surface area contributed by atoms with Gasteiger partial charge in [0.1, 0.15) is 16.6 Å². The molecule has 0 spiro atoms. The van der Waals surface area contributed by atoms with Crippen molar-refractivity contribution in [1.82, 2.24) is 4.98 Å². The van der Waals surface area contributed by atoms with E-state index in [1.165, 1.54) is 11.3 Å². The summed E-state index contributed by atoms with van der Waals surface area (Å²) < 4.78 is 6.09. The number of carbonyl (C=O) groups is 1. The highest BCUT2D eigenvalue weighted by molar-refractivity contribution is 9.10. The van der Waals surface area contributed by atoms with Gasteiger partial charge in [-0.1, -0.05) is 35.0 Å². The molecule has 1 heterocycles. The van der Waals surface area contributed by atoms with Gasteiger partial charge in [0.25, 0.3) is 0 Å². The van der Waals surface area contributed by atoms with E-state index in [-0.39, 0.29) is 5.97 Å². The Morgan fingerprint density at radius 3 is 2.79 bits per heavy atom. The Balaban J connectivity index is 1.71. The number of esters is 1. The van der Waals surface area contributed by atoms with Crippen LogP contribution < -0.4 is 5.32 Å². The largest absolute Gasteiger partial charge is 0.462 e. The number of allylic oxidation sites excluding steroid dienone is 1. The molecule has 0 amide bonds. The number of anilines is 1. The highest BCUT2D eigenvalue weighted by Crippen LogP contribution is 2.27. The number of carbonyl (C=O) groups excluding carboxylic acids is 1. The molecule has 146 valence electrons. The maximum atomic E-state index is 11.8. The van der Waals surface area contributed by atoms with E-state index in [9.17, 15) is 10.1 Å². The first kappa shape index (κ1) is 20.8. The standard InChI is InChI=1S/C22H18BrN3O2S/c1-2-10-28-22(27)15-6-8-19(9-7-15)25-13-17(12-24)21-26-20(14-29-21)16-4-3-5-18(23)11-16/h3-9,11,13-14,25H,2,10H2,1H3. The summed E-state index contributed by atoms with van der Waals surface area (Å²) in [6.07, 6.45) is 2.40. The van der Waals surface area contributed by atoms with E-state index in [0.717, 1.165) is 27.8 Å². The molecule has 0 aliphatic carbocycles. The molecule has 29 heavy (non-hydrogen) atoms. The first-order valence-corrected chi connectivity index (χ1v) is 10.6. The van der Waals surface area contributed by atoms with E-state index in [1.807, 2.05) is 36.6 Å². The zero-order valence-electron chi connectivity index (χ0n) is 15.7. The van der Waals surface area contributed by atoms with E-state index in [4.69, 9.17) is 4.74 Å². The van der Waals surface area contributed by atoms with Crippen LogP contribution in [0.1, 0.15) is 28.7 Å². The van der Waals surface area contributed by atoms with Gasteiger partial charge in [0.05, 0.1) is 17.9 Å². The smallest absolute Gasteiger partial charge is 0.338 e. The lowest BCUT2D eigenvalue weighted by molar-refractivity contribution is 0.0505. The Bertz CT molecular complexity index is 1070. The number of aromatic nitrogens is 1. The molecule has 3 rings (SSSR count). The van der Waals surface area contributed by atoms with Crippen LogP contribution in [0.25, 0.3) is 16.8 Å². The SMILES string of the molecule is CCCOC(=O)c1ccc(NC=C(C#N)c2nc(-c3cccc(Br)c3)cs2)cc1. The van der Waals surface area contributed by atoms with E-state index in [0.29, 0.717) is 22.8 Å². The van der Waals surface area contributed by atoms with Crippen LogP contribution in [0.2, 0.25) is 0 Å². The fourth-order valence-electron chi connectivity index (χ4n) is 2.46. The van der Waals surface area contributed by atoms with Crippen LogP contribution in [0.15, 0.2) is 64.6 Å². The lowest BCUT2D eigenvalue weighted by Crippen LogP contribution is -2.05. The zero-order valence-corrected chi connectivity index (χ0v) is 18.1. The number of nitrogens with one attached hydrogen (secondary N) is 1. The maximum absolute atomic E-state index is 11.8.